The van der Waals surface area contributed by atoms with Gasteiger partial charge in [-0.15, -0.1) is 5.16 Å². The van der Waals surface area contributed by atoms with Gasteiger partial charge >= 0.3 is 5.97 Å². The summed E-state index contributed by atoms with van der Waals surface area (Å²) in [7, 11) is 0. The molecule has 0 aromatic heterocycles. The maximum absolute atomic E-state index is 13.0. The molecule has 7 nitrogen and oxygen atoms in total. The predicted octanol–water partition coefficient (Wildman–Crippen LogP) is 2.41. The zero-order chi connectivity index (χ0) is 21.8. The zero-order valence-electron chi connectivity index (χ0n) is 17.2. The van der Waals surface area contributed by atoms with E-state index in [1.54, 1.807) is 0 Å². The second-order valence-corrected chi connectivity index (χ2v) is 7.16. The normalized spacial score (nSPS) is 13.6. The molecule has 1 amide bonds. The summed E-state index contributed by atoms with van der Waals surface area (Å²) in [6.45, 7) is 5.40. The van der Waals surface area contributed by atoms with Crippen molar-refractivity contribution in [1.29, 1.82) is 0 Å². The third-order valence-electron chi connectivity index (χ3n) is 4.68. The Kier molecular flexibility index (Phi) is 9.54. The van der Waals surface area contributed by atoms with E-state index < -0.39 is 18.1 Å². The van der Waals surface area contributed by atoms with Crippen molar-refractivity contribution < 1.29 is 19.5 Å². The number of aliphatic carboxylic acids is 1. The van der Waals surface area contributed by atoms with Gasteiger partial charge in [-0.25, -0.2) is 4.79 Å². The smallest absolute Gasteiger partial charge is 0.326 e. The van der Waals surface area contributed by atoms with E-state index in [4.69, 9.17) is 4.84 Å². The number of rotatable bonds is 13. The number of amides is 1. The minimum atomic E-state index is -1.07. The highest BCUT2D eigenvalue weighted by molar-refractivity contribution is 5.87. The van der Waals surface area contributed by atoms with Gasteiger partial charge in [-0.1, -0.05) is 60.7 Å². The van der Waals surface area contributed by atoms with Gasteiger partial charge in [0.05, 0.1) is 6.04 Å². The molecule has 1 unspecified atom stereocenters. The molecule has 0 saturated heterocycles. The van der Waals surface area contributed by atoms with Crippen molar-refractivity contribution in [3.05, 3.63) is 71.8 Å². The van der Waals surface area contributed by atoms with Crippen molar-refractivity contribution in [3.8, 4) is 0 Å². The molecule has 3 atom stereocenters. The Bertz CT molecular complexity index is 799. The number of carboxylic acid groups (broad SMARTS) is 1. The molecule has 2 rings (SSSR count). The molecule has 0 fully saturated rings. The first-order valence-corrected chi connectivity index (χ1v) is 9.94. The van der Waals surface area contributed by atoms with E-state index in [2.05, 4.69) is 22.5 Å². The first-order valence-electron chi connectivity index (χ1n) is 9.94. The fraction of sp³-hybridized carbons (Fsp3) is 0.348. The number of carbonyl (C=O) groups excluding carboxylic acids is 1. The van der Waals surface area contributed by atoms with Crippen LogP contribution in [-0.4, -0.2) is 48.4 Å². The first kappa shape index (κ1) is 23.1. The number of hydrogen-bond donors (Lipinski definition) is 3. The van der Waals surface area contributed by atoms with Crippen LogP contribution in [0.2, 0.25) is 0 Å². The summed E-state index contributed by atoms with van der Waals surface area (Å²) in [6.07, 6.45) is 1.40. The molecular formula is C23H29N3O4. The predicted molar refractivity (Wildman–Crippen MR) is 116 cm³/mol. The topological polar surface area (TPSA) is 100 Å². The number of nitrogens with zero attached hydrogens (tertiary/aromatic N) is 1. The van der Waals surface area contributed by atoms with Crippen LogP contribution in [0.1, 0.15) is 24.5 Å². The van der Waals surface area contributed by atoms with E-state index in [1.165, 1.54) is 0 Å². The number of hydrogen-bond acceptors (Lipinski definition) is 5. The largest absolute Gasteiger partial charge is 0.480 e. The standard InChI is InChI=1S/C23H29N3O4/c1-17(16-30-24-2)25-20(14-13-18-9-5-3-6-10-18)22(27)26-21(23(28)29)15-19-11-7-4-8-12-19/h3-12,17,20-21,25H,2,13-16H2,1H3,(H,26,27)(H,28,29)/t17?,20-,21-/m0/s1. The number of benzene rings is 2. The Labute approximate surface area is 177 Å². The van der Waals surface area contributed by atoms with Gasteiger partial charge in [0.1, 0.15) is 12.6 Å². The first-order chi connectivity index (χ1) is 14.5. The highest BCUT2D eigenvalue weighted by Gasteiger charge is 2.26. The third kappa shape index (κ3) is 8.05. The SMILES string of the molecule is C=NOCC(C)N[C@@H](CCc1ccccc1)C(=O)N[C@@H](Cc1ccccc1)C(=O)O. The monoisotopic (exact) mass is 411 g/mol. The summed E-state index contributed by atoms with van der Waals surface area (Å²) >= 11 is 0. The van der Waals surface area contributed by atoms with Crippen molar-refractivity contribution in [2.24, 2.45) is 5.16 Å². The van der Waals surface area contributed by atoms with E-state index in [-0.39, 0.29) is 25.0 Å². The Morgan fingerprint density at radius 3 is 2.20 bits per heavy atom. The highest BCUT2D eigenvalue weighted by atomic mass is 16.6. The number of nitrogens with one attached hydrogen (secondary N) is 2. The third-order valence-corrected chi connectivity index (χ3v) is 4.68. The summed E-state index contributed by atoms with van der Waals surface area (Å²) in [5, 5.41) is 18.9. The molecule has 0 aliphatic rings. The lowest BCUT2D eigenvalue weighted by molar-refractivity contribution is -0.142. The molecule has 0 aliphatic heterocycles. The lowest BCUT2D eigenvalue weighted by Crippen LogP contribution is -2.53. The molecule has 0 saturated carbocycles. The summed E-state index contributed by atoms with van der Waals surface area (Å²) < 4.78 is 0. The second kappa shape index (κ2) is 12.4. The van der Waals surface area contributed by atoms with Crippen LogP contribution in [0.4, 0.5) is 0 Å². The van der Waals surface area contributed by atoms with Gasteiger partial charge in [-0.05, 0) is 30.9 Å². The van der Waals surface area contributed by atoms with Crippen molar-refractivity contribution in [3.63, 3.8) is 0 Å². The van der Waals surface area contributed by atoms with Gasteiger partial charge < -0.3 is 15.3 Å². The maximum Gasteiger partial charge on any atom is 0.326 e. The minimum absolute atomic E-state index is 0.167. The number of carboxylic acids is 1. The lowest BCUT2D eigenvalue weighted by Gasteiger charge is -2.24. The summed E-state index contributed by atoms with van der Waals surface area (Å²) in [6, 6.07) is 17.3. The van der Waals surface area contributed by atoms with E-state index >= 15 is 0 Å². The molecule has 0 aliphatic carbocycles. The fourth-order valence-electron chi connectivity index (χ4n) is 3.12. The van der Waals surface area contributed by atoms with E-state index in [0.29, 0.717) is 12.8 Å². The van der Waals surface area contributed by atoms with E-state index in [0.717, 1.165) is 11.1 Å². The molecule has 30 heavy (non-hydrogen) atoms. The van der Waals surface area contributed by atoms with Gasteiger partial charge in [0.15, 0.2) is 0 Å². The molecule has 3 N–H and O–H groups in total. The quantitative estimate of drug-likeness (QED) is 0.347. The molecule has 2 aromatic rings. The second-order valence-electron chi connectivity index (χ2n) is 7.16. The zero-order valence-corrected chi connectivity index (χ0v) is 17.2. The Morgan fingerprint density at radius 2 is 1.63 bits per heavy atom. The lowest BCUT2D eigenvalue weighted by atomic mass is 10.0. The summed E-state index contributed by atoms with van der Waals surface area (Å²) in [5.74, 6) is -1.42. The number of oxime groups is 1. The Hall–Kier alpha value is -3.19. The van der Waals surface area contributed by atoms with Gasteiger partial charge in [-0.3, -0.25) is 10.1 Å². The van der Waals surface area contributed by atoms with E-state index in [1.807, 2.05) is 67.6 Å². The van der Waals surface area contributed by atoms with Gasteiger partial charge in [0.2, 0.25) is 5.91 Å². The van der Waals surface area contributed by atoms with Crippen LogP contribution in [0, 0.1) is 0 Å². The number of carbonyl (C=O) groups is 2. The molecule has 7 heteroatoms. The molecule has 2 aromatic carbocycles. The van der Waals surface area contributed by atoms with Crippen LogP contribution in [-0.2, 0) is 27.3 Å². The van der Waals surface area contributed by atoms with Crippen molar-refractivity contribution >= 4 is 18.6 Å². The number of aryl methyl sites for hydroxylation is 1. The van der Waals surface area contributed by atoms with Gasteiger partial charge in [0, 0.05) is 19.2 Å². The Morgan fingerprint density at radius 1 is 1.03 bits per heavy atom. The van der Waals surface area contributed by atoms with Crippen LogP contribution < -0.4 is 10.6 Å². The van der Waals surface area contributed by atoms with Crippen LogP contribution in [0.3, 0.4) is 0 Å². The van der Waals surface area contributed by atoms with Crippen LogP contribution >= 0.6 is 0 Å². The van der Waals surface area contributed by atoms with Crippen LogP contribution in [0.25, 0.3) is 0 Å². The summed E-state index contributed by atoms with van der Waals surface area (Å²) in [5.41, 5.74) is 1.95. The Balaban J connectivity index is 2.05. The molecule has 160 valence electrons. The van der Waals surface area contributed by atoms with Crippen molar-refractivity contribution in [2.75, 3.05) is 6.61 Å². The minimum Gasteiger partial charge on any atom is -0.480 e. The molecule has 0 radical (unpaired) electrons. The average Bonchev–Trinajstić information content (AvgIpc) is 2.76. The van der Waals surface area contributed by atoms with Crippen LogP contribution in [0.15, 0.2) is 65.8 Å². The van der Waals surface area contributed by atoms with Crippen LogP contribution in [0.5, 0.6) is 0 Å². The molecule has 0 spiro atoms. The molecule has 0 heterocycles. The highest BCUT2D eigenvalue weighted by Crippen LogP contribution is 2.08. The van der Waals surface area contributed by atoms with E-state index in [9.17, 15) is 14.7 Å². The average molecular weight is 412 g/mol. The molecule has 0 bridgehead atoms. The fourth-order valence-corrected chi connectivity index (χ4v) is 3.12. The van der Waals surface area contributed by atoms with Gasteiger partial charge in [0.25, 0.3) is 0 Å². The van der Waals surface area contributed by atoms with Gasteiger partial charge in [-0.2, -0.15) is 0 Å². The summed E-state index contributed by atoms with van der Waals surface area (Å²) in [4.78, 5) is 29.7. The van der Waals surface area contributed by atoms with Crippen molar-refractivity contribution in [2.45, 2.75) is 44.3 Å². The molecular weight excluding hydrogens is 382 g/mol. The maximum atomic E-state index is 13.0. The van der Waals surface area contributed by atoms with Crippen molar-refractivity contribution in [1.82, 2.24) is 10.6 Å².